The predicted molar refractivity (Wildman–Crippen MR) is 108 cm³/mol. The molecule has 3 rings (SSSR count). The highest BCUT2D eigenvalue weighted by Crippen LogP contribution is 2.23. The number of benzene rings is 2. The minimum Gasteiger partial charge on any atom is -0.496 e. The van der Waals surface area contributed by atoms with Crippen molar-refractivity contribution >= 4 is 33.4 Å². The van der Waals surface area contributed by atoms with Crippen LogP contribution in [0.3, 0.4) is 0 Å². The van der Waals surface area contributed by atoms with Crippen LogP contribution >= 0.6 is 11.3 Å². The number of hydrogen-bond donors (Lipinski definition) is 0. The third kappa shape index (κ3) is 4.73. The summed E-state index contributed by atoms with van der Waals surface area (Å²) in [7, 11) is 1.51. The second-order valence-electron chi connectivity index (χ2n) is 6.51. The summed E-state index contributed by atoms with van der Waals surface area (Å²) in [6.07, 6.45) is -0.0463. The molecular formula is C21H20F2N2O4S. The SMILES string of the molecule is CCOC(=O)Cn1c(=NC(=O)Cc2cc(C)ccc2OC)sc2cc(F)cc(F)c21. The zero-order valence-corrected chi connectivity index (χ0v) is 17.5. The van der Waals surface area contributed by atoms with Crippen LogP contribution in [0.5, 0.6) is 5.75 Å². The lowest BCUT2D eigenvalue weighted by Crippen LogP contribution is -2.23. The molecule has 2 aromatic carbocycles. The van der Waals surface area contributed by atoms with Crippen LogP contribution in [0, 0.1) is 18.6 Å². The molecule has 1 aromatic heterocycles. The van der Waals surface area contributed by atoms with Crippen molar-refractivity contribution in [2.45, 2.75) is 26.8 Å². The summed E-state index contributed by atoms with van der Waals surface area (Å²) < 4.78 is 39.8. The van der Waals surface area contributed by atoms with Gasteiger partial charge in [0.25, 0.3) is 5.91 Å². The Morgan fingerprint density at radius 2 is 1.97 bits per heavy atom. The van der Waals surface area contributed by atoms with E-state index in [-0.39, 0.29) is 34.6 Å². The number of carbonyl (C=O) groups excluding carboxylic acids is 2. The van der Waals surface area contributed by atoms with Gasteiger partial charge in [0.1, 0.15) is 18.1 Å². The van der Waals surface area contributed by atoms with E-state index in [9.17, 15) is 18.4 Å². The van der Waals surface area contributed by atoms with Gasteiger partial charge in [-0.05, 0) is 26.0 Å². The molecule has 0 bridgehead atoms. The maximum atomic E-state index is 14.4. The predicted octanol–water partition coefficient (Wildman–Crippen LogP) is 3.53. The largest absolute Gasteiger partial charge is 0.496 e. The number of thiazole rings is 1. The van der Waals surface area contributed by atoms with Crippen molar-refractivity contribution in [2.75, 3.05) is 13.7 Å². The van der Waals surface area contributed by atoms with E-state index >= 15 is 0 Å². The van der Waals surface area contributed by atoms with Crippen LogP contribution in [0.1, 0.15) is 18.1 Å². The quantitative estimate of drug-likeness (QED) is 0.557. The molecule has 6 nitrogen and oxygen atoms in total. The lowest BCUT2D eigenvalue weighted by atomic mass is 10.1. The molecule has 0 N–H and O–H groups in total. The number of nitrogens with zero attached hydrogens (tertiary/aromatic N) is 2. The van der Waals surface area contributed by atoms with Crippen molar-refractivity contribution in [3.8, 4) is 5.75 Å². The fourth-order valence-corrected chi connectivity index (χ4v) is 4.14. The van der Waals surface area contributed by atoms with E-state index in [2.05, 4.69) is 4.99 Å². The first-order valence-electron chi connectivity index (χ1n) is 9.17. The van der Waals surface area contributed by atoms with Crippen LogP contribution in [0.2, 0.25) is 0 Å². The van der Waals surface area contributed by atoms with Gasteiger partial charge in [-0.3, -0.25) is 9.59 Å². The van der Waals surface area contributed by atoms with Gasteiger partial charge in [-0.15, -0.1) is 0 Å². The highest BCUT2D eigenvalue weighted by Gasteiger charge is 2.17. The molecular weight excluding hydrogens is 414 g/mol. The molecule has 0 fully saturated rings. The molecule has 0 unspecified atom stereocenters. The summed E-state index contributed by atoms with van der Waals surface area (Å²) in [6, 6.07) is 7.30. The molecule has 0 aliphatic heterocycles. The van der Waals surface area contributed by atoms with E-state index < -0.39 is 23.5 Å². The monoisotopic (exact) mass is 434 g/mol. The van der Waals surface area contributed by atoms with E-state index in [0.29, 0.717) is 11.3 Å². The molecule has 0 aliphatic carbocycles. The van der Waals surface area contributed by atoms with Crippen LogP contribution in [0.4, 0.5) is 8.78 Å². The van der Waals surface area contributed by atoms with Gasteiger partial charge in [-0.2, -0.15) is 4.99 Å². The third-order valence-corrected chi connectivity index (χ3v) is 5.31. The maximum Gasteiger partial charge on any atom is 0.326 e. The van der Waals surface area contributed by atoms with Crippen molar-refractivity contribution in [1.82, 2.24) is 4.57 Å². The first kappa shape index (κ1) is 21.6. The van der Waals surface area contributed by atoms with E-state index in [1.54, 1.807) is 13.0 Å². The molecule has 0 atom stereocenters. The lowest BCUT2D eigenvalue weighted by Gasteiger charge is -2.08. The standard InChI is InChI=1S/C21H20F2N2O4S/c1-4-29-19(27)11-25-20-15(23)9-14(22)10-17(20)30-21(25)24-18(26)8-13-7-12(2)5-6-16(13)28-3/h5-7,9-10H,4,8,11H2,1-3H3. The minimum atomic E-state index is -0.847. The second-order valence-corrected chi connectivity index (χ2v) is 7.52. The van der Waals surface area contributed by atoms with Gasteiger partial charge in [0, 0.05) is 11.6 Å². The minimum absolute atomic E-state index is 0.00543. The smallest absolute Gasteiger partial charge is 0.326 e. The number of rotatable bonds is 6. The Bertz CT molecular complexity index is 1180. The van der Waals surface area contributed by atoms with E-state index in [4.69, 9.17) is 9.47 Å². The highest BCUT2D eigenvalue weighted by atomic mass is 32.1. The van der Waals surface area contributed by atoms with Crippen LogP contribution in [0.15, 0.2) is 35.3 Å². The van der Waals surface area contributed by atoms with Crippen molar-refractivity contribution in [3.05, 3.63) is 57.9 Å². The Morgan fingerprint density at radius 1 is 1.20 bits per heavy atom. The molecule has 3 aromatic rings. The number of fused-ring (bicyclic) bond motifs is 1. The maximum absolute atomic E-state index is 14.4. The molecule has 0 aliphatic rings. The van der Waals surface area contributed by atoms with Crippen molar-refractivity contribution in [1.29, 1.82) is 0 Å². The molecule has 30 heavy (non-hydrogen) atoms. The number of methoxy groups -OCH3 is 1. The number of aryl methyl sites for hydroxylation is 1. The summed E-state index contributed by atoms with van der Waals surface area (Å²) in [5, 5.41) is 0. The third-order valence-electron chi connectivity index (χ3n) is 4.29. The average Bonchev–Trinajstić information content (AvgIpc) is 2.98. The molecule has 0 saturated heterocycles. The zero-order chi connectivity index (χ0) is 21.8. The summed E-state index contributed by atoms with van der Waals surface area (Å²) in [6.45, 7) is 3.34. The summed E-state index contributed by atoms with van der Waals surface area (Å²) >= 11 is 0.921. The fraction of sp³-hybridized carbons (Fsp3) is 0.286. The van der Waals surface area contributed by atoms with Gasteiger partial charge < -0.3 is 14.0 Å². The number of esters is 1. The fourth-order valence-electron chi connectivity index (χ4n) is 3.05. The van der Waals surface area contributed by atoms with E-state index in [1.807, 2.05) is 19.1 Å². The average molecular weight is 434 g/mol. The molecule has 1 amide bonds. The van der Waals surface area contributed by atoms with Crippen molar-refractivity contribution in [2.24, 2.45) is 4.99 Å². The van der Waals surface area contributed by atoms with Gasteiger partial charge in [0.2, 0.25) is 0 Å². The number of amides is 1. The van der Waals surface area contributed by atoms with E-state index in [0.717, 1.165) is 29.0 Å². The summed E-state index contributed by atoms with van der Waals surface area (Å²) in [4.78, 5) is 28.8. The van der Waals surface area contributed by atoms with Gasteiger partial charge in [0.15, 0.2) is 10.6 Å². The molecule has 0 radical (unpaired) electrons. The Labute approximate surface area is 175 Å². The first-order chi connectivity index (χ1) is 14.3. The van der Waals surface area contributed by atoms with Crippen LogP contribution < -0.4 is 9.54 Å². The Kier molecular flexibility index (Phi) is 6.61. The Balaban J connectivity index is 2.06. The lowest BCUT2D eigenvalue weighted by molar-refractivity contribution is -0.143. The topological polar surface area (TPSA) is 69.9 Å². The molecule has 0 saturated carbocycles. The number of hydrogen-bond acceptors (Lipinski definition) is 5. The van der Waals surface area contributed by atoms with Gasteiger partial charge in [-0.1, -0.05) is 29.0 Å². The molecule has 0 spiro atoms. The highest BCUT2D eigenvalue weighted by molar-refractivity contribution is 7.16. The number of carbonyl (C=O) groups is 2. The number of halogens is 2. The normalized spacial score (nSPS) is 11.7. The van der Waals surface area contributed by atoms with Crippen LogP contribution in [-0.2, 0) is 27.3 Å². The second kappa shape index (κ2) is 9.17. The number of aromatic nitrogens is 1. The van der Waals surface area contributed by atoms with Gasteiger partial charge in [0.05, 0.1) is 30.4 Å². The van der Waals surface area contributed by atoms with Crippen molar-refractivity contribution in [3.63, 3.8) is 0 Å². The zero-order valence-electron chi connectivity index (χ0n) is 16.7. The van der Waals surface area contributed by atoms with Crippen LogP contribution in [0.25, 0.3) is 10.2 Å². The Hall–Kier alpha value is -3.07. The summed E-state index contributed by atoms with van der Waals surface area (Å²) in [5.74, 6) is -2.18. The Morgan fingerprint density at radius 3 is 2.67 bits per heavy atom. The molecule has 1 heterocycles. The van der Waals surface area contributed by atoms with Gasteiger partial charge in [-0.25, -0.2) is 8.78 Å². The summed E-state index contributed by atoms with van der Waals surface area (Å²) in [5.41, 5.74) is 1.60. The van der Waals surface area contributed by atoms with Gasteiger partial charge >= 0.3 is 5.97 Å². The first-order valence-corrected chi connectivity index (χ1v) is 9.99. The van der Waals surface area contributed by atoms with E-state index in [1.165, 1.54) is 11.7 Å². The number of ether oxygens (including phenoxy) is 2. The van der Waals surface area contributed by atoms with Crippen LogP contribution in [-0.4, -0.2) is 30.2 Å². The van der Waals surface area contributed by atoms with Crippen molar-refractivity contribution < 1.29 is 27.8 Å². The molecule has 158 valence electrons. The molecule has 9 heteroatoms.